The van der Waals surface area contributed by atoms with Gasteiger partial charge in [-0.25, -0.2) is 0 Å². The van der Waals surface area contributed by atoms with Crippen LogP contribution < -0.4 is 10.9 Å². The SMILES string of the molecule is CCN(CCNC1CCCc2[nH]c(=O)ccc21)C1CC1. The van der Waals surface area contributed by atoms with Crippen molar-refractivity contribution in [3.8, 4) is 0 Å². The summed E-state index contributed by atoms with van der Waals surface area (Å²) in [6.07, 6.45) is 6.09. The van der Waals surface area contributed by atoms with Gasteiger partial charge in [-0.05, 0) is 44.2 Å². The zero-order chi connectivity index (χ0) is 13.9. The highest BCUT2D eigenvalue weighted by Gasteiger charge is 2.27. The van der Waals surface area contributed by atoms with Crippen LogP contribution in [-0.4, -0.2) is 35.6 Å². The number of nitrogens with one attached hydrogen (secondary N) is 2. The molecule has 0 aliphatic heterocycles. The maximum atomic E-state index is 11.4. The number of rotatable bonds is 6. The van der Waals surface area contributed by atoms with E-state index >= 15 is 0 Å². The molecule has 110 valence electrons. The van der Waals surface area contributed by atoms with Gasteiger partial charge in [0.2, 0.25) is 5.56 Å². The van der Waals surface area contributed by atoms with Gasteiger partial charge in [0.25, 0.3) is 0 Å². The maximum Gasteiger partial charge on any atom is 0.248 e. The number of pyridine rings is 1. The molecule has 1 unspecified atom stereocenters. The van der Waals surface area contributed by atoms with Crippen molar-refractivity contribution in [2.24, 2.45) is 0 Å². The topological polar surface area (TPSA) is 48.1 Å². The first-order chi connectivity index (χ1) is 9.78. The lowest BCUT2D eigenvalue weighted by Gasteiger charge is -2.27. The van der Waals surface area contributed by atoms with E-state index in [1.54, 1.807) is 6.07 Å². The van der Waals surface area contributed by atoms with Crippen LogP contribution in [0.5, 0.6) is 0 Å². The van der Waals surface area contributed by atoms with Gasteiger partial charge >= 0.3 is 0 Å². The molecule has 0 bridgehead atoms. The van der Waals surface area contributed by atoms with Gasteiger partial charge in [0.15, 0.2) is 0 Å². The highest BCUT2D eigenvalue weighted by molar-refractivity contribution is 5.26. The molecule has 0 saturated heterocycles. The lowest BCUT2D eigenvalue weighted by molar-refractivity contribution is 0.269. The molecule has 0 aromatic carbocycles. The normalized spacial score (nSPS) is 22.0. The van der Waals surface area contributed by atoms with Crippen molar-refractivity contribution in [3.63, 3.8) is 0 Å². The van der Waals surface area contributed by atoms with Gasteiger partial charge in [-0.3, -0.25) is 9.69 Å². The summed E-state index contributed by atoms with van der Waals surface area (Å²) >= 11 is 0. The van der Waals surface area contributed by atoms with Gasteiger partial charge in [0.1, 0.15) is 0 Å². The first kappa shape index (κ1) is 13.8. The number of hydrogen-bond donors (Lipinski definition) is 2. The molecule has 2 aliphatic rings. The third-order valence-corrected chi connectivity index (χ3v) is 4.59. The van der Waals surface area contributed by atoms with Crippen molar-refractivity contribution in [3.05, 3.63) is 33.7 Å². The number of hydrogen-bond acceptors (Lipinski definition) is 3. The number of aromatic amines is 1. The molecule has 1 heterocycles. The van der Waals surface area contributed by atoms with Crippen molar-refractivity contribution < 1.29 is 0 Å². The quantitative estimate of drug-likeness (QED) is 0.832. The number of aryl methyl sites for hydroxylation is 1. The highest BCUT2D eigenvalue weighted by atomic mass is 16.1. The first-order valence-electron chi connectivity index (χ1n) is 7.97. The van der Waals surface area contributed by atoms with E-state index in [1.807, 2.05) is 6.07 Å². The van der Waals surface area contributed by atoms with Crippen molar-refractivity contribution in [1.82, 2.24) is 15.2 Å². The van der Waals surface area contributed by atoms with Crippen LogP contribution in [0, 0.1) is 0 Å². The Morgan fingerprint density at radius 2 is 2.20 bits per heavy atom. The molecule has 3 rings (SSSR count). The maximum absolute atomic E-state index is 11.4. The summed E-state index contributed by atoms with van der Waals surface area (Å²) in [5.74, 6) is 0. The van der Waals surface area contributed by atoms with Crippen LogP contribution in [0.4, 0.5) is 0 Å². The van der Waals surface area contributed by atoms with Gasteiger partial charge in [-0.1, -0.05) is 13.0 Å². The molecule has 4 heteroatoms. The number of nitrogens with zero attached hydrogens (tertiary/aromatic N) is 1. The molecule has 1 aromatic rings. The summed E-state index contributed by atoms with van der Waals surface area (Å²) in [4.78, 5) is 17.0. The minimum Gasteiger partial charge on any atom is -0.326 e. The molecule has 4 nitrogen and oxygen atoms in total. The van der Waals surface area contributed by atoms with Crippen LogP contribution in [0.15, 0.2) is 16.9 Å². The molecular weight excluding hydrogens is 250 g/mol. The van der Waals surface area contributed by atoms with E-state index in [0.29, 0.717) is 6.04 Å². The minimum atomic E-state index is 0.0234. The zero-order valence-corrected chi connectivity index (χ0v) is 12.3. The standard InChI is InChI=1S/C16H25N3O/c1-2-19(12-6-7-12)11-10-17-14-4-3-5-15-13(14)8-9-16(20)18-15/h8-9,12,14,17H,2-7,10-11H2,1H3,(H,18,20). The number of H-pyrrole nitrogens is 1. The Hall–Kier alpha value is -1.13. The lowest BCUT2D eigenvalue weighted by Crippen LogP contribution is -2.36. The van der Waals surface area contributed by atoms with Crippen LogP contribution in [0.3, 0.4) is 0 Å². The second-order valence-corrected chi connectivity index (χ2v) is 6.02. The van der Waals surface area contributed by atoms with Crippen molar-refractivity contribution >= 4 is 0 Å². The van der Waals surface area contributed by atoms with Gasteiger partial charge in [0.05, 0.1) is 0 Å². The van der Waals surface area contributed by atoms with E-state index in [9.17, 15) is 4.79 Å². The Bertz CT molecular complexity index is 507. The van der Waals surface area contributed by atoms with E-state index in [1.165, 1.54) is 24.8 Å². The van der Waals surface area contributed by atoms with Crippen LogP contribution >= 0.6 is 0 Å². The minimum absolute atomic E-state index is 0.0234. The molecule has 2 aliphatic carbocycles. The second kappa shape index (κ2) is 6.10. The van der Waals surface area contributed by atoms with E-state index in [4.69, 9.17) is 0 Å². The van der Waals surface area contributed by atoms with E-state index in [-0.39, 0.29) is 5.56 Å². The summed E-state index contributed by atoms with van der Waals surface area (Å²) in [6, 6.07) is 4.91. The van der Waals surface area contributed by atoms with Crippen LogP contribution in [-0.2, 0) is 6.42 Å². The summed E-state index contributed by atoms with van der Waals surface area (Å²) in [5.41, 5.74) is 2.46. The largest absolute Gasteiger partial charge is 0.326 e. The third-order valence-electron chi connectivity index (χ3n) is 4.59. The monoisotopic (exact) mass is 275 g/mol. The van der Waals surface area contributed by atoms with Crippen LogP contribution in [0.2, 0.25) is 0 Å². The Kier molecular flexibility index (Phi) is 4.22. The molecule has 1 saturated carbocycles. The summed E-state index contributed by atoms with van der Waals surface area (Å²) < 4.78 is 0. The average molecular weight is 275 g/mol. The zero-order valence-electron chi connectivity index (χ0n) is 12.3. The fourth-order valence-electron chi connectivity index (χ4n) is 3.33. The molecule has 0 radical (unpaired) electrons. The molecule has 2 N–H and O–H groups in total. The van der Waals surface area contributed by atoms with Gasteiger partial charge in [0, 0.05) is 36.9 Å². The molecule has 20 heavy (non-hydrogen) atoms. The second-order valence-electron chi connectivity index (χ2n) is 6.02. The average Bonchev–Trinajstić information content (AvgIpc) is 3.28. The number of fused-ring (bicyclic) bond motifs is 1. The molecule has 1 fully saturated rings. The number of likely N-dealkylation sites (N-methyl/N-ethyl adjacent to an activating group) is 1. The molecule has 1 aromatic heterocycles. The lowest BCUT2D eigenvalue weighted by atomic mass is 9.91. The highest BCUT2D eigenvalue weighted by Crippen LogP contribution is 2.28. The molecule has 0 amide bonds. The van der Waals surface area contributed by atoms with Crippen molar-refractivity contribution in [1.29, 1.82) is 0 Å². The Morgan fingerprint density at radius 3 is 2.95 bits per heavy atom. The van der Waals surface area contributed by atoms with Gasteiger partial charge in [-0.2, -0.15) is 0 Å². The fraction of sp³-hybridized carbons (Fsp3) is 0.688. The predicted molar refractivity (Wildman–Crippen MR) is 81.0 cm³/mol. The van der Waals surface area contributed by atoms with Crippen LogP contribution in [0.1, 0.15) is 49.9 Å². The third kappa shape index (κ3) is 3.13. The number of aromatic nitrogens is 1. The smallest absolute Gasteiger partial charge is 0.248 e. The van der Waals surface area contributed by atoms with E-state index in [2.05, 4.69) is 22.1 Å². The Balaban J connectivity index is 1.57. The van der Waals surface area contributed by atoms with Crippen LogP contribution in [0.25, 0.3) is 0 Å². The summed E-state index contributed by atoms with van der Waals surface area (Å²) in [6.45, 7) is 5.57. The van der Waals surface area contributed by atoms with Gasteiger partial charge in [-0.15, -0.1) is 0 Å². The fourth-order valence-corrected chi connectivity index (χ4v) is 3.33. The predicted octanol–water partition coefficient (Wildman–Crippen LogP) is 1.83. The van der Waals surface area contributed by atoms with Gasteiger partial charge < -0.3 is 10.3 Å². The summed E-state index contributed by atoms with van der Waals surface area (Å²) in [5, 5.41) is 3.68. The Morgan fingerprint density at radius 1 is 1.35 bits per heavy atom. The first-order valence-corrected chi connectivity index (χ1v) is 7.97. The van der Waals surface area contributed by atoms with Crippen molar-refractivity contribution in [2.75, 3.05) is 19.6 Å². The van der Waals surface area contributed by atoms with E-state index in [0.717, 1.165) is 44.2 Å². The van der Waals surface area contributed by atoms with E-state index < -0.39 is 0 Å². The molecule has 0 spiro atoms. The molecular formula is C16H25N3O. The Labute approximate surface area is 120 Å². The molecule has 1 atom stereocenters. The van der Waals surface area contributed by atoms with Crippen molar-refractivity contribution in [2.45, 2.75) is 51.1 Å². The summed E-state index contributed by atoms with van der Waals surface area (Å²) in [7, 11) is 0.